The lowest BCUT2D eigenvalue weighted by Crippen LogP contribution is -2.25. The summed E-state index contributed by atoms with van der Waals surface area (Å²) in [6.45, 7) is 3.60. The van der Waals surface area contributed by atoms with Crippen molar-refractivity contribution in [3.63, 3.8) is 0 Å². The Hall–Kier alpha value is -2.08. The molecule has 0 radical (unpaired) electrons. The summed E-state index contributed by atoms with van der Waals surface area (Å²) in [5.41, 5.74) is 4.05. The first-order valence-electron chi connectivity index (χ1n) is 6.32. The minimum Gasteiger partial charge on any atom is -0.484 e. The lowest BCUT2D eigenvalue weighted by Gasteiger charge is -2.07. The lowest BCUT2D eigenvalue weighted by molar-refractivity contribution is -0.123. The Morgan fingerprint density at radius 1 is 1.43 bits per heavy atom. The molecule has 1 N–H and O–H groups in total. The summed E-state index contributed by atoms with van der Waals surface area (Å²) in [5.74, 6) is 0.916. The molecular formula is C15H15BrN2O3. The van der Waals surface area contributed by atoms with Crippen LogP contribution in [0, 0.1) is 6.92 Å². The SMILES string of the molecule is C/C(=N\NC(=O)COc1ccc(Br)c(C)c1)c1ccco1. The van der Waals surface area contributed by atoms with E-state index < -0.39 is 0 Å². The van der Waals surface area contributed by atoms with E-state index in [0.717, 1.165) is 10.0 Å². The average molecular weight is 351 g/mol. The van der Waals surface area contributed by atoms with Crippen molar-refractivity contribution in [1.29, 1.82) is 0 Å². The maximum atomic E-state index is 11.7. The van der Waals surface area contributed by atoms with Crippen molar-refractivity contribution in [2.24, 2.45) is 5.10 Å². The quantitative estimate of drug-likeness (QED) is 0.664. The molecule has 0 atom stereocenters. The summed E-state index contributed by atoms with van der Waals surface area (Å²) in [5, 5.41) is 3.95. The molecule has 0 spiro atoms. The summed E-state index contributed by atoms with van der Waals surface area (Å²) in [6.07, 6.45) is 1.55. The van der Waals surface area contributed by atoms with E-state index in [2.05, 4.69) is 26.5 Å². The highest BCUT2D eigenvalue weighted by Gasteiger charge is 2.05. The van der Waals surface area contributed by atoms with Crippen molar-refractivity contribution in [2.45, 2.75) is 13.8 Å². The standard InChI is InChI=1S/C15H15BrN2O3/c1-10-8-12(5-6-13(10)16)21-9-15(19)18-17-11(2)14-4-3-7-20-14/h3-8H,9H2,1-2H3,(H,18,19)/b17-11+. The van der Waals surface area contributed by atoms with Crippen molar-refractivity contribution in [2.75, 3.05) is 6.61 Å². The number of ether oxygens (including phenoxy) is 1. The first kappa shape index (κ1) is 15.3. The minimum absolute atomic E-state index is 0.101. The van der Waals surface area contributed by atoms with Gasteiger partial charge in [0.05, 0.1) is 6.26 Å². The van der Waals surface area contributed by atoms with Crippen LogP contribution in [0.3, 0.4) is 0 Å². The number of aryl methyl sites for hydroxylation is 1. The second-order valence-electron chi connectivity index (χ2n) is 4.41. The number of hydrazone groups is 1. The van der Waals surface area contributed by atoms with E-state index in [1.54, 1.807) is 31.4 Å². The highest BCUT2D eigenvalue weighted by atomic mass is 79.9. The summed E-state index contributed by atoms with van der Waals surface area (Å²) >= 11 is 3.41. The van der Waals surface area contributed by atoms with Gasteiger partial charge in [0.25, 0.3) is 5.91 Å². The summed E-state index contributed by atoms with van der Waals surface area (Å²) in [6, 6.07) is 9.06. The van der Waals surface area contributed by atoms with Gasteiger partial charge in [-0.25, -0.2) is 5.43 Å². The van der Waals surface area contributed by atoms with Crippen molar-refractivity contribution in [3.8, 4) is 5.75 Å². The molecule has 1 amide bonds. The topological polar surface area (TPSA) is 63.8 Å². The maximum absolute atomic E-state index is 11.7. The van der Waals surface area contributed by atoms with Gasteiger partial charge in [0.15, 0.2) is 6.61 Å². The molecule has 0 aliphatic heterocycles. The van der Waals surface area contributed by atoms with E-state index >= 15 is 0 Å². The molecule has 1 aromatic heterocycles. The molecular weight excluding hydrogens is 336 g/mol. The number of carbonyl (C=O) groups is 1. The lowest BCUT2D eigenvalue weighted by atomic mass is 10.2. The molecule has 2 rings (SSSR count). The fourth-order valence-corrected chi connectivity index (χ4v) is 1.82. The summed E-state index contributed by atoms with van der Waals surface area (Å²) in [4.78, 5) is 11.7. The number of hydrogen-bond donors (Lipinski definition) is 1. The second kappa shape index (κ2) is 7.08. The van der Waals surface area contributed by atoms with E-state index in [0.29, 0.717) is 17.2 Å². The third kappa shape index (κ3) is 4.46. The van der Waals surface area contributed by atoms with Gasteiger partial charge in [-0.2, -0.15) is 5.10 Å². The van der Waals surface area contributed by atoms with Crippen LogP contribution >= 0.6 is 15.9 Å². The molecule has 0 aliphatic carbocycles. The van der Waals surface area contributed by atoms with Crippen molar-refractivity contribution < 1.29 is 13.9 Å². The van der Waals surface area contributed by atoms with Gasteiger partial charge in [-0.05, 0) is 49.7 Å². The molecule has 2 aromatic rings. The van der Waals surface area contributed by atoms with Gasteiger partial charge in [0.1, 0.15) is 17.2 Å². The molecule has 0 unspecified atom stereocenters. The number of carbonyl (C=O) groups excluding carboxylic acids is 1. The third-order valence-electron chi connectivity index (χ3n) is 2.73. The van der Waals surface area contributed by atoms with Crippen LogP contribution in [0.1, 0.15) is 18.2 Å². The minimum atomic E-state index is -0.332. The molecule has 0 fully saturated rings. The molecule has 0 saturated heterocycles. The van der Waals surface area contributed by atoms with Crippen LogP contribution in [0.2, 0.25) is 0 Å². The Morgan fingerprint density at radius 3 is 2.90 bits per heavy atom. The van der Waals surface area contributed by atoms with E-state index in [4.69, 9.17) is 9.15 Å². The van der Waals surface area contributed by atoms with E-state index in [9.17, 15) is 4.79 Å². The molecule has 0 bridgehead atoms. The summed E-state index contributed by atoms with van der Waals surface area (Å²) < 4.78 is 11.6. The Kier molecular flexibility index (Phi) is 5.16. The maximum Gasteiger partial charge on any atom is 0.277 e. The summed E-state index contributed by atoms with van der Waals surface area (Å²) in [7, 11) is 0. The normalized spacial score (nSPS) is 11.3. The van der Waals surface area contributed by atoms with Gasteiger partial charge < -0.3 is 9.15 Å². The van der Waals surface area contributed by atoms with Gasteiger partial charge in [-0.3, -0.25) is 4.79 Å². The van der Waals surface area contributed by atoms with Crippen LogP contribution < -0.4 is 10.2 Å². The fourth-order valence-electron chi connectivity index (χ4n) is 1.57. The zero-order valence-electron chi connectivity index (χ0n) is 11.7. The number of nitrogens with zero attached hydrogens (tertiary/aromatic N) is 1. The Morgan fingerprint density at radius 2 is 2.24 bits per heavy atom. The van der Waals surface area contributed by atoms with Crippen LogP contribution in [0.4, 0.5) is 0 Å². The van der Waals surface area contributed by atoms with Gasteiger partial charge in [0.2, 0.25) is 0 Å². The molecule has 110 valence electrons. The number of halogens is 1. The van der Waals surface area contributed by atoms with Gasteiger partial charge in [-0.15, -0.1) is 0 Å². The number of furan rings is 1. The Bertz CT molecular complexity index is 651. The van der Waals surface area contributed by atoms with Gasteiger partial charge >= 0.3 is 0 Å². The average Bonchev–Trinajstić information content (AvgIpc) is 3.00. The highest BCUT2D eigenvalue weighted by Crippen LogP contribution is 2.21. The first-order chi connectivity index (χ1) is 10.1. The zero-order chi connectivity index (χ0) is 15.2. The zero-order valence-corrected chi connectivity index (χ0v) is 13.3. The highest BCUT2D eigenvalue weighted by molar-refractivity contribution is 9.10. The molecule has 0 aliphatic rings. The van der Waals surface area contributed by atoms with Crippen LogP contribution in [0.15, 0.2) is 50.6 Å². The molecule has 1 heterocycles. The predicted molar refractivity (Wildman–Crippen MR) is 83.4 cm³/mol. The number of amides is 1. The number of hydrogen-bond acceptors (Lipinski definition) is 4. The molecule has 1 aromatic carbocycles. The number of rotatable bonds is 5. The van der Waals surface area contributed by atoms with Crippen molar-refractivity contribution >= 4 is 27.5 Å². The van der Waals surface area contributed by atoms with Crippen LogP contribution in [-0.2, 0) is 4.79 Å². The molecule has 6 heteroatoms. The molecule has 0 saturated carbocycles. The fraction of sp³-hybridized carbons (Fsp3) is 0.200. The number of benzene rings is 1. The van der Waals surface area contributed by atoms with E-state index in [1.807, 2.05) is 19.1 Å². The van der Waals surface area contributed by atoms with E-state index in [1.165, 1.54) is 0 Å². The predicted octanol–water partition coefficient (Wildman–Crippen LogP) is 3.27. The third-order valence-corrected chi connectivity index (χ3v) is 3.62. The molecule has 21 heavy (non-hydrogen) atoms. The second-order valence-corrected chi connectivity index (χ2v) is 5.26. The van der Waals surface area contributed by atoms with Crippen LogP contribution in [0.25, 0.3) is 0 Å². The van der Waals surface area contributed by atoms with E-state index in [-0.39, 0.29) is 12.5 Å². The first-order valence-corrected chi connectivity index (χ1v) is 7.11. The molecule has 5 nitrogen and oxygen atoms in total. The van der Waals surface area contributed by atoms with Crippen molar-refractivity contribution in [3.05, 3.63) is 52.4 Å². The number of nitrogens with one attached hydrogen (secondary N) is 1. The van der Waals surface area contributed by atoms with Crippen LogP contribution in [0.5, 0.6) is 5.75 Å². The largest absolute Gasteiger partial charge is 0.484 e. The van der Waals surface area contributed by atoms with Crippen LogP contribution in [-0.4, -0.2) is 18.2 Å². The Labute approximate surface area is 131 Å². The van der Waals surface area contributed by atoms with Gasteiger partial charge in [-0.1, -0.05) is 15.9 Å². The van der Waals surface area contributed by atoms with Crippen molar-refractivity contribution in [1.82, 2.24) is 5.43 Å². The van der Waals surface area contributed by atoms with Gasteiger partial charge in [0, 0.05) is 4.47 Å². The Balaban J connectivity index is 1.85. The smallest absolute Gasteiger partial charge is 0.277 e. The monoisotopic (exact) mass is 350 g/mol.